The van der Waals surface area contributed by atoms with E-state index in [9.17, 15) is 4.79 Å². The summed E-state index contributed by atoms with van der Waals surface area (Å²) in [5, 5.41) is 8.67. The van der Waals surface area contributed by atoms with Gasteiger partial charge in [0, 0.05) is 5.41 Å². The van der Waals surface area contributed by atoms with Crippen molar-refractivity contribution in [3.05, 3.63) is 35.4 Å². The van der Waals surface area contributed by atoms with Gasteiger partial charge in [-0.15, -0.1) is 0 Å². The largest absolute Gasteiger partial charge is 0.480 e. The minimum atomic E-state index is -0.915. The Balaban J connectivity index is 1.81. The number of nitrogens with one attached hydrogen (secondary N) is 1. The van der Waals surface area contributed by atoms with Crippen LogP contribution in [-0.4, -0.2) is 17.6 Å². The molecule has 2 aliphatic rings. The van der Waals surface area contributed by atoms with Crippen LogP contribution < -0.4 is 5.48 Å². The summed E-state index contributed by atoms with van der Waals surface area (Å²) in [7, 11) is 0. The van der Waals surface area contributed by atoms with E-state index in [0.717, 1.165) is 11.8 Å². The zero-order valence-corrected chi connectivity index (χ0v) is 14.3. The first-order valence-electron chi connectivity index (χ1n) is 8.54. The van der Waals surface area contributed by atoms with Crippen molar-refractivity contribution in [2.75, 3.05) is 6.54 Å². The zero-order chi connectivity index (χ0) is 16.7. The van der Waals surface area contributed by atoms with Gasteiger partial charge in [-0.25, -0.2) is 0 Å². The molecule has 3 atom stereocenters. The monoisotopic (exact) mass is 317 g/mol. The van der Waals surface area contributed by atoms with Crippen LogP contribution >= 0.6 is 0 Å². The molecule has 0 radical (unpaired) electrons. The number of hydrogen-bond acceptors (Lipinski definition) is 3. The molecule has 1 aromatic rings. The average Bonchev–Trinajstić information content (AvgIpc) is 3.00. The first-order chi connectivity index (χ1) is 10.9. The Labute approximate surface area is 138 Å². The molecule has 2 aliphatic carbocycles. The Morgan fingerprint density at radius 3 is 2.83 bits per heavy atom. The minimum absolute atomic E-state index is 0.182. The molecule has 0 saturated heterocycles. The molecular formula is C19H27NO3. The Bertz CT molecular complexity index is 598. The van der Waals surface area contributed by atoms with Gasteiger partial charge in [-0.05, 0) is 41.2 Å². The van der Waals surface area contributed by atoms with Crippen molar-refractivity contribution in [2.45, 2.75) is 52.1 Å². The van der Waals surface area contributed by atoms with E-state index in [1.807, 2.05) is 6.07 Å². The van der Waals surface area contributed by atoms with E-state index in [1.165, 1.54) is 30.4 Å². The molecule has 0 spiro atoms. The van der Waals surface area contributed by atoms with Gasteiger partial charge >= 0.3 is 5.97 Å². The highest BCUT2D eigenvalue weighted by Crippen LogP contribution is 2.76. The summed E-state index contributed by atoms with van der Waals surface area (Å²) in [6.07, 6.45) is 3.87. The molecule has 3 unspecified atom stereocenters. The maximum atomic E-state index is 10.6. The van der Waals surface area contributed by atoms with Crippen LogP contribution in [0.3, 0.4) is 0 Å². The van der Waals surface area contributed by atoms with E-state index in [2.05, 4.69) is 44.5 Å². The molecule has 0 bridgehead atoms. The first-order valence-corrected chi connectivity index (χ1v) is 8.54. The molecule has 0 heterocycles. The van der Waals surface area contributed by atoms with Crippen molar-refractivity contribution < 1.29 is 14.7 Å². The van der Waals surface area contributed by atoms with E-state index in [4.69, 9.17) is 9.94 Å². The SMILES string of the molecule is CC1CCC2C(C)(C)C2(c2ccccc2CONCC(=O)O)C1. The normalized spacial score (nSPS) is 31.4. The predicted molar refractivity (Wildman–Crippen MR) is 88.8 cm³/mol. The summed E-state index contributed by atoms with van der Waals surface area (Å²) in [6, 6.07) is 8.50. The lowest BCUT2D eigenvalue weighted by Gasteiger charge is -2.30. The fourth-order valence-electron chi connectivity index (χ4n) is 5.05. The molecule has 23 heavy (non-hydrogen) atoms. The van der Waals surface area contributed by atoms with E-state index in [-0.39, 0.29) is 12.0 Å². The predicted octanol–water partition coefficient (Wildman–Crippen LogP) is 3.51. The third-order valence-electron chi connectivity index (χ3n) is 6.20. The highest BCUT2D eigenvalue weighted by molar-refractivity contribution is 5.68. The van der Waals surface area contributed by atoms with Gasteiger partial charge in [0.2, 0.25) is 0 Å². The smallest absolute Gasteiger partial charge is 0.319 e. The quantitative estimate of drug-likeness (QED) is 0.623. The molecule has 2 N–H and O–H groups in total. The summed E-state index contributed by atoms with van der Waals surface area (Å²) in [5.74, 6) is 0.591. The summed E-state index contributed by atoms with van der Waals surface area (Å²) >= 11 is 0. The van der Waals surface area contributed by atoms with Gasteiger partial charge in [0.05, 0.1) is 6.61 Å². The third kappa shape index (κ3) is 2.68. The van der Waals surface area contributed by atoms with Crippen LogP contribution in [0, 0.1) is 17.3 Å². The van der Waals surface area contributed by atoms with Gasteiger partial charge < -0.3 is 5.11 Å². The Morgan fingerprint density at radius 2 is 2.09 bits per heavy atom. The summed E-state index contributed by atoms with van der Waals surface area (Å²) in [5.41, 5.74) is 5.69. The number of benzene rings is 1. The number of hydroxylamine groups is 1. The van der Waals surface area contributed by atoms with Crippen LogP contribution in [0.25, 0.3) is 0 Å². The highest BCUT2D eigenvalue weighted by atomic mass is 16.6. The van der Waals surface area contributed by atoms with Gasteiger partial charge in [-0.3, -0.25) is 9.63 Å². The first kappa shape index (κ1) is 16.5. The molecule has 0 amide bonds. The lowest BCUT2D eigenvalue weighted by atomic mass is 9.74. The van der Waals surface area contributed by atoms with E-state index in [1.54, 1.807) is 0 Å². The number of aliphatic carboxylic acids is 1. The van der Waals surface area contributed by atoms with Crippen LogP contribution in [-0.2, 0) is 21.7 Å². The van der Waals surface area contributed by atoms with Crippen molar-refractivity contribution in [3.8, 4) is 0 Å². The van der Waals surface area contributed by atoms with Crippen LogP contribution in [0.15, 0.2) is 24.3 Å². The molecule has 4 heteroatoms. The lowest BCUT2D eigenvalue weighted by Crippen LogP contribution is -2.25. The van der Waals surface area contributed by atoms with Crippen molar-refractivity contribution in [1.82, 2.24) is 5.48 Å². The average molecular weight is 317 g/mol. The third-order valence-corrected chi connectivity index (χ3v) is 6.20. The summed E-state index contributed by atoms with van der Waals surface area (Å²) < 4.78 is 0. The second kappa shape index (κ2) is 5.91. The minimum Gasteiger partial charge on any atom is -0.480 e. The fraction of sp³-hybridized carbons (Fsp3) is 0.632. The zero-order valence-electron chi connectivity index (χ0n) is 14.3. The number of fused-ring (bicyclic) bond motifs is 1. The molecule has 0 aliphatic heterocycles. The van der Waals surface area contributed by atoms with E-state index < -0.39 is 5.97 Å². The van der Waals surface area contributed by atoms with Crippen molar-refractivity contribution in [3.63, 3.8) is 0 Å². The van der Waals surface area contributed by atoms with Gasteiger partial charge in [-0.2, -0.15) is 5.48 Å². The number of carboxylic acid groups (broad SMARTS) is 1. The van der Waals surface area contributed by atoms with Crippen LogP contribution in [0.1, 0.15) is 51.2 Å². The summed E-state index contributed by atoms with van der Waals surface area (Å²) in [6.45, 7) is 7.38. The van der Waals surface area contributed by atoms with Crippen LogP contribution in [0.2, 0.25) is 0 Å². The van der Waals surface area contributed by atoms with Gasteiger partial charge in [0.25, 0.3) is 0 Å². The molecule has 4 nitrogen and oxygen atoms in total. The highest BCUT2D eigenvalue weighted by Gasteiger charge is 2.72. The van der Waals surface area contributed by atoms with Gasteiger partial charge in [-0.1, -0.05) is 51.5 Å². The lowest BCUT2D eigenvalue weighted by molar-refractivity contribution is -0.139. The molecule has 2 fully saturated rings. The Hall–Kier alpha value is -1.39. The Kier molecular flexibility index (Phi) is 4.23. The van der Waals surface area contributed by atoms with Gasteiger partial charge in [0.1, 0.15) is 6.54 Å². The van der Waals surface area contributed by atoms with Crippen molar-refractivity contribution in [1.29, 1.82) is 0 Å². The molecular weight excluding hydrogens is 290 g/mol. The van der Waals surface area contributed by atoms with Crippen molar-refractivity contribution >= 4 is 5.97 Å². The molecule has 2 saturated carbocycles. The number of rotatable bonds is 6. The standard InChI is InChI=1S/C19H27NO3/c1-13-8-9-16-18(2,3)19(16,10-13)15-7-5-4-6-14(15)12-23-20-11-17(21)22/h4-7,13,16,20H,8-12H2,1-3H3,(H,21,22). The molecule has 3 rings (SSSR count). The topological polar surface area (TPSA) is 58.6 Å². The molecule has 0 aromatic heterocycles. The van der Waals surface area contributed by atoms with Crippen molar-refractivity contribution in [2.24, 2.45) is 17.3 Å². The molecule has 126 valence electrons. The fourth-order valence-corrected chi connectivity index (χ4v) is 5.05. The second-order valence-electron chi connectivity index (χ2n) is 7.79. The summed E-state index contributed by atoms with van der Waals surface area (Å²) in [4.78, 5) is 16.0. The van der Waals surface area contributed by atoms with E-state index in [0.29, 0.717) is 12.0 Å². The molecule has 1 aromatic carbocycles. The van der Waals surface area contributed by atoms with Crippen LogP contribution in [0.4, 0.5) is 0 Å². The van der Waals surface area contributed by atoms with Gasteiger partial charge in [0.15, 0.2) is 0 Å². The number of carboxylic acids is 1. The second-order valence-corrected chi connectivity index (χ2v) is 7.79. The maximum absolute atomic E-state index is 10.6. The van der Waals surface area contributed by atoms with Crippen LogP contribution in [0.5, 0.6) is 0 Å². The number of carbonyl (C=O) groups is 1. The van der Waals surface area contributed by atoms with E-state index >= 15 is 0 Å². The number of hydrogen-bond donors (Lipinski definition) is 2. The maximum Gasteiger partial charge on any atom is 0.319 e. The Morgan fingerprint density at radius 1 is 1.35 bits per heavy atom.